The van der Waals surface area contributed by atoms with Crippen LogP contribution >= 0.6 is 24.0 Å². The normalized spacial score (nSPS) is 18.5. The van der Waals surface area contributed by atoms with Gasteiger partial charge in [0.2, 0.25) is 0 Å². The Hall–Kier alpha value is -1.37. The lowest BCUT2D eigenvalue weighted by molar-refractivity contribution is -0.143. The van der Waals surface area contributed by atoms with E-state index >= 15 is 0 Å². The molecule has 148 valence electrons. The lowest BCUT2D eigenvalue weighted by Gasteiger charge is -2.19. The van der Waals surface area contributed by atoms with Crippen LogP contribution in [0.5, 0.6) is 0 Å². The van der Waals surface area contributed by atoms with Crippen LogP contribution < -0.4 is 10.6 Å². The standard InChI is InChI=1S/C15H24F3N7.HI/c1-4-6-19-14(20-8-13-23-22-11(2)24(13)3)21-12-5-7-25(9-12)10-15(16,17)18;/h4,12H,1,5-10H2,2-3H3,(H2,19,20,21);1H. The average Bonchev–Trinajstić information content (AvgIpc) is 3.08. The molecule has 1 aromatic heterocycles. The van der Waals surface area contributed by atoms with Crippen LogP contribution in [0.2, 0.25) is 0 Å². The third kappa shape index (κ3) is 7.09. The third-order valence-electron chi connectivity index (χ3n) is 3.99. The van der Waals surface area contributed by atoms with Crippen molar-refractivity contribution < 1.29 is 13.2 Å². The van der Waals surface area contributed by atoms with Gasteiger partial charge in [0.05, 0.1) is 6.54 Å². The predicted octanol–water partition coefficient (Wildman–Crippen LogP) is 1.60. The largest absolute Gasteiger partial charge is 0.401 e. The molecule has 1 aliphatic rings. The van der Waals surface area contributed by atoms with Crippen molar-refractivity contribution in [3.63, 3.8) is 0 Å². The van der Waals surface area contributed by atoms with Crippen molar-refractivity contribution in [2.75, 3.05) is 26.2 Å². The number of guanidine groups is 1. The monoisotopic (exact) mass is 487 g/mol. The minimum Gasteiger partial charge on any atom is -0.353 e. The van der Waals surface area contributed by atoms with Crippen molar-refractivity contribution in [1.29, 1.82) is 0 Å². The molecule has 0 spiro atoms. The number of aromatic nitrogens is 3. The maximum Gasteiger partial charge on any atom is 0.401 e. The van der Waals surface area contributed by atoms with E-state index in [0.29, 0.717) is 44.4 Å². The van der Waals surface area contributed by atoms with E-state index in [-0.39, 0.29) is 30.0 Å². The Morgan fingerprint density at radius 1 is 1.42 bits per heavy atom. The topological polar surface area (TPSA) is 70.4 Å². The molecular formula is C15H25F3IN7. The number of alkyl halides is 3. The molecule has 2 N–H and O–H groups in total. The summed E-state index contributed by atoms with van der Waals surface area (Å²) in [5.41, 5.74) is 0. The summed E-state index contributed by atoms with van der Waals surface area (Å²) in [6.07, 6.45) is -1.85. The second kappa shape index (κ2) is 10.1. The van der Waals surface area contributed by atoms with E-state index < -0.39 is 12.7 Å². The zero-order chi connectivity index (χ0) is 18.4. The minimum absolute atomic E-state index is 0. The van der Waals surface area contributed by atoms with E-state index in [2.05, 4.69) is 32.4 Å². The zero-order valence-corrected chi connectivity index (χ0v) is 17.2. The zero-order valence-electron chi connectivity index (χ0n) is 14.9. The van der Waals surface area contributed by atoms with Crippen LogP contribution in [0.25, 0.3) is 0 Å². The molecule has 0 saturated carbocycles. The fourth-order valence-electron chi connectivity index (χ4n) is 2.60. The van der Waals surface area contributed by atoms with Gasteiger partial charge in [-0.1, -0.05) is 6.08 Å². The number of aryl methyl sites for hydroxylation is 1. The van der Waals surface area contributed by atoms with Crippen LogP contribution in [0.1, 0.15) is 18.1 Å². The molecular weight excluding hydrogens is 462 g/mol. The maximum atomic E-state index is 12.5. The Kier molecular flexibility index (Phi) is 8.80. The second-order valence-corrected chi connectivity index (χ2v) is 6.04. The van der Waals surface area contributed by atoms with Crippen molar-refractivity contribution in [3.05, 3.63) is 24.3 Å². The summed E-state index contributed by atoms with van der Waals surface area (Å²) in [4.78, 5) is 5.85. The lowest BCUT2D eigenvalue weighted by atomic mass is 10.3. The Morgan fingerprint density at radius 2 is 2.15 bits per heavy atom. The van der Waals surface area contributed by atoms with Gasteiger partial charge in [0, 0.05) is 32.7 Å². The van der Waals surface area contributed by atoms with Gasteiger partial charge < -0.3 is 15.2 Å². The number of likely N-dealkylation sites (tertiary alicyclic amines) is 1. The molecule has 0 bridgehead atoms. The number of hydrogen-bond donors (Lipinski definition) is 2. The molecule has 0 amide bonds. The van der Waals surface area contributed by atoms with Crippen molar-refractivity contribution in [2.24, 2.45) is 12.0 Å². The van der Waals surface area contributed by atoms with Crippen molar-refractivity contribution in [3.8, 4) is 0 Å². The average molecular weight is 487 g/mol. The maximum absolute atomic E-state index is 12.5. The van der Waals surface area contributed by atoms with Gasteiger partial charge in [-0.05, 0) is 13.3 Å². The molecule has 1 fully saturated rings. The number of halogens is 4. The Labute approximate surface area is 168 Å². The van der Waals surface area contributed by atoms with Crippen LogP contribution in [0.3, 0.4) is 0 Å². The first-order valence-electron chi connectivity index (χ1n) is 8.08. The van der Waals surface area contributed by atoms with Gasteiger partial charge in [0.25, 0.3) is 0 Å². The smallest absolute Gasteiger partial charge is 0.353 e. The molecule has 26 heavy (non-hydrogen) atoms. The molecule has 11 heteroatoms. The highest BCUT2D eigenvalue weighted by Gasteiger charge is 2.34. The molecule has 1 aliphatic heterocycles. The Morgan fingerprint density at radius 3 is 2.73 bits per heavy atom. The molecule has 1 aromatic rings. The van der Waals surface area contributed by atoms with Gasteiger partial charge in [-0.25, -0.2) is 4.99 Å². The number of rotatable bonds is 6. The van der Waals surface area contributed by atoms with Gasteiger partial charge in [0.15, 0.2) is 11.8 Å². The van der Waals surface area contributed by atoms with Crippen molar-refractivity contribution in [2.45, 2.75) is 32.1 Å². The lowest BCUT2D eigenvalue weighted by Crippen LogP contribution is -2.45. The summed E-state index contributed by atoms with van der Waals surface area (Å²) in [7, 11) is 1.86. The number of nitrogens with zero attached hydrogens (tertiary/aromatic N) is 5. The molecule has 0 radical (unpaired) electrons. The molecule has 1 saturated heterocycles. The molecule has 1 atom stereocenters. The van der Waals surface area contributed by atoms with E-state index in [1.807, 2.05) is 18.5 Å². The van der Waals surface area contributed by atoms with E-state index in [1.165, 1.54) is 4.90 Å². The number of nitrogens with one attached hydrogen (secondary N) is 2. The van der Waals surface area contributed by atoms with Gasteiger partial charge >= 0.3 is 6.18 Å². The highest BCUT2D eigenvalue weighted by molar-refractivity contribution is 14.0. The van der Waals surface area contributed by atoms with Crippen molar-refractivity contribution in [1.82, 2.24) is 30.3 Å². The molecule has 7 nitrogen and oxygen atoms in total. The van der Waals surface area contributed by atoms with Crippen LogP contribution in [0, 0.1) is 6.92 Å². The Bertz CT molecular complexity index is 615. The van der Waals surface area contributed by atoms with Gasteiger partial charge in [0.1, 0.15) is 12.4 Å². The Balaban J connectivity index is 0.00000338. The molecule has 2 rings (SSSR count). The number of hydrogen-bond acceptors (Lipinski definition) is 4. The second-order valence-electron chi connectivity index (χ2n) is 6.04. The summed E-state index contributed by atoms with van der Waals surface area (Å²) in [6.45, 7) is 6.19. The van der Waals surface area contributed by atoms with E-state index in [9.17, 15) is 13.2 Å². The quantitative estimate of drug-likeness (QED) is 0.276. The number of aliphatic imine (C=N–C) groups is 1. The van der Waals surface area contributed by atoms with Crippen LogP contribution in [0.4, 0.5) is 13.2 Å². The van der Waals surface area contributed by atoms with E-state index in [1.54, 1.807) is 6.08 Å². The summed E-state index contributed by atoms with van der Waals surface area (Å²) >= 11 is 0. The van der Waals surface area contributed by atoms with Crippen LogP contribution in [-0.4, -0.2) is 64.0 Å². The predicted molar refractivity (Wildman–Crippen MR) is 105 cm³/mol. The summed E-state index contributed by atoms with van der Waals surface area (Å²) in [5.74, 6) is 2.03. The van der Waals surface area contributed by atoms with Gasteiger partial charge in [-0.15, -0.1) is 40.8 Å². The first-order chi connectivity index (χ1) is 11.8. The van der Waals surface area contributed by atoms with Crippen LogP contribution in [-0.2, 0) is 13.6 Å². The summed E-state index contributed by atoms with van der Waals surface area (Å²) in [6, 6.07) is -0.0837. The minimum atomic E-state index is -4.17. The van der Waals surface area contributed by atoms with E-state index in [4.69, 9.17) is 0 Å². The highest BCUT2D eigenvalue weighted by Crippen LogP contribution is 2.19. The molecule has 0 aliphatic carbocycles. The highest BCUT2D eigenvalue weighted by atomic mass is 127. The molecule has 2 heterocycles. The SMILES string of the molecule is C=CCNC(=NCc1nnc(C)n1C)NC1CCN(CC(F)(F)F)C1.I. The van der Waals surface area contributed by atoms with Crippen LogP contribution in [0.15, 0.2) is 17.6 Å². The van der Waals surface area contributed by atoms with E-state index in [0.717, 1.165) is 5.82 Å². The fourth-order valence-corrected chi connectivity index (χ4v) is 2.60. The van der Waals surface area contributed by atoms with Gasteiger partial charge in [-0.3, -0.25) is 4.90 Å². The van der Waals surface area contributed by atoms with Gasteiger partial charge in [-0.2, -0.15) is 13.2 Å². The third-order valence-corrected chi connectivity index (χ3v) is 3.99. The van der Waals surface area contributed by atoms with Crippen molar-refractivity contribution >= 4 is 29.9 Å². The fraction of sp³-hybridized carbons (Fsp3) is 0.667. The molecule has 1 unspecified atom stereocenters. The first kappa shape index (κ1) is 22.7. The summed E-state index contributed by atoms with van der Waals surface area (Å²) in [5, 5.41) is 14.3. The molecule has 0 aromatic carbocycles. The first-order valence-corrected chi connectivity index (χ1v) is 8.08. The summed E-state index contributed by atoms with van der Waals surface area (Å²) < 4.78 is 39.3.